The van der Waals surface area contributed by atoms with Crippen molar-refractivity contribution >= 4 is 5.91 Å². The Morgan fingerprint density at radius 3 is 2.33 bits per heavy atom. The van der Waals surface area contributed by atoms with Gasteiger partial charge in [-0.3, -0.25) is 10.1 Å². The Morgan fingerprint density at radius 2 is 1.81 bits per heavy atom. The molecule has 0 fully saturated rings. The third-order valence-corrected chi connectivity index (χ3v) is 3.38. The van der Waals surface area contributed by atoms with Crippen LogP contribution < -0.4 is 15.8 Å². The fourth-order valence-corrected chi connectivity index (χ4v) is 2.08. The third kappa shape index (κ3) is 3.20. The van der Waals surface area contributed by atoms with Gasteiger partial charge in [0.05, 0.1) is 0 Å². The summed E-state index contributed by atoms with van der Waals surface area (Å²) in [6.45, 7) is 0.00841. The molecule has 0 aromatic heterocycles. The van der Waals surface area contributed by atoms with Crippen LogP contribution in [-0.2, 0) is 10.3 Å². The number of nitrogens with one attached hydrogen (secondary N) is 1. The average molecular weight is 288 g/mol. The van der Waals surface area contributed by atoms with Crippen LogP contribution in [0.1, 0.15) is 5.56 Å². The van der Waals surface area contributed by atoms with Gasteiger partial charge in [0.2, 0.25) is 5.91 Å². The van der Waals surface area contributed by atoms with Gasteiger partial charge >= 0.3 is 0 Å². The van der Waals surface area contributed by atoms with Gasteiger partial charge in [0.1, 0.15) is 18.2 Å². The van der Waals surface area contributed by atoms with Crippen LogP contribution in [0.3, 0.4) is 0 Å². The molecule has 110 valence electrons. The highest BCUT2D eigenvalue weighted by Crippen LogP contribution is 2.22. The minimum absolute atomic E-state index is 0.00841. The Balaban J connectivity index is 2.25. The molecule has 0 aliphatic heterocycles. The summed E-state index contributed by atoms with van der Waals surface area (Å²) in [6, 6.07) is 14.7. The number of halogens is 1. The Hall–Kier alpha value is -2.40. The molecule has 2 aromatic carbocycles. The normalized spacial score (nSPS) is 13.4. The minimum Gasteiger partial charge on any atom is -0.491 e. The lowest BCUT2D eigenvalue weighted by atomic mass is 9.90. The zero-order valence-electron chi connectivity index (χ0n) is 11.7. The van der Waals surface area contributed by atoms with Gasteiger partial charge < -0.3 is 10.5 Å². The molecule has 1 amide bonds. The van der Waals surface area contributed by atoms with Gasteiger partial charge in [0, 0.05) is 0 Å². The third-order valence-electron chi connectivity index (χ3n) is 3.38. The summed E-state index contributed by atoms with van der Waals surface area (Å²) in [4.78, 5) is 11.9. The standard InChI is InChI=1S/C16H17FN2O2/c1-19-16(15(18)20,12-5-3-2-4-6-12)11-21-14-9-7-13(17)8-10-14/h2-10,19H,11H2,1H3,(H2,18,20). The number of nitrogens with two attached hydrogens (primary N) is 1. The molecule has 2 aromatic rings. The van der Waals surface area contributed by atoms with E-state index in [1.54, 1.807) is 19.2 Å². The van der Waals surface area contributed by atoms with Gasteiger partial charge in [-0.05, 0) is 36.9 Å². The van der Waals surface area contributed by atoms with E-state index in [-0.39, 0.29) is 12.4 Å². The fourth-order valence-electron chi connectivity index (χ4n) is 2.08. The van der Waals surface area contributed by atoms with Crippen LogP contribution in [-0.4, -0.2) is 19.6 Å². The highest BCUT2D eigenvalue weighted by atomic mass is 19.1. The predicted molar refractivity (Wildman–Crippen MR) is 78.3 cm³/mol. The van der Waals surface area contributed by atoms with Crippen molar-refractivity contribution in [3.63, 3.8) is 0 Å². The number of rotatable bonds is 6. The van der Waals surface area contributed by atoms with Crippen LogP contribution in [0.5, 0.6) is 5.75 Å². The van der Waals surface area contributed by atoms with E-state index in [2.05, 4.69) is 5.32 Å². The molecular weight excluding hydrogens is 271 g/mol. The number of carbonyl (C=O) groups is 1. The largest absolute Gasteiger partial charge is 0.491 e. The molecule has 5 heteroatoms. The molecule has 1 unspecified atom stereocenters. The van der Waals surface area contributed by atoms with Crippen molar-refractivity contribution < 1.29 is 13.9 Å². The number of hydrogen-bond donors (Lipinski definition) is 2. The molecule has 21 heavy (non-hydrogen) atoms. The maximum Gasteiger partial charge on any atom is 0.245 e. The van der Waals surface area contributed by atoms with Gasteiger partial charge in [-0.25, -0.2) is 4.39 Å². The monoisotopic (exact) mass is 288 g/mol. The number of likely N-dealkylation sites (N-methyl/N-ethyl adjacent to an activating group) is 1. The molecule has 2 rings (SSSR count). The molecule has 0 aliphatic carbocycles. The van der Waals surface area contributed by atoms with Crippen molar-refractivity contribution in [3.05, 3.63) is 66.0 Å². The van der Waals surface area contributed by atoms with E-state index >= 15 is 0 Å². The maximum atomic E-state index is 12.9. The second kappa shape index (κ2) is 6.37. The summed E-state index contributed by atoms with van der Waals surface area (Å²) in [5, 5.41) is 2.94. The first-order chi connectivity index (χ1) is 10.1. The summed E-state index contributed by atoms with van der Waals surface area (Å²) >= 11 is 0. The van der Waals surface area contributed by atoms with Crippen molar-refractivity contribution in [3.8, 4) is 5.75 Å². The molecule has 0 bridgehead atoms. The molecular formula is C16H17FN2O2. The van der Waals surface area contributed by atoms with Crippen LogP contribution in [0.4, 0.5) is 4.39 Å². The second-order valence-corrected chi connectivity index (χ2v) is 4.63. The van der Waals surface area contributed by atoms with Crippen LogP contribution in [0.15, 0.2) is 54.6 Å². The fraction of sp³-hybridized carbons (Fsp3) is 0.188. The molecule has 0 radical (unpaired) electrons. The summed E-state index contributed by atoms with van der Waals surface area (Å²) in [7, 11) is 1.64. The van der Waals surface area contributed by atoms with Gasteiger partial charge in [-0.1, -0.05) is 30.3 Å². The zero-order chi connectivity index (χ0) is 15.3. The first-order valence-corrected chi connectivity index (χ1v) is 6.51. The number of hydrogen-bond acceptors (Lipinski definition) is 3. The maximum absolute atomic E-state index is 12.9. The molecule has 1 atom stereocenters. The lowest BCUT2D eigenvalue weighted by Gasteiger charge is -2.30. The summed E-state index contributed by atoms with van der Waals surface area (Å²) in [5.74, 6) is -0.424. The highest BCUT2D eigenvalue weighted by molar-refractivity contribution is 5.86. The van der Waals surface area contributed by atoms with Crippen molar-refractivity contribution in [2.24, 2.45) is 5.73 Å². The van der Waals surface area contributed by atoms with E-state index in [0.29, 0.717) is 11.3 Å². The van der Waals surface area contributed by atoms with Crippen LogP contribution in [0.25, 0.3) is 0 Å². The van der Waals surface area contributed by atoms with E-state index in [1.165, 1.54) is 24.3 Å². The Kier molecular flexibility index (Phi) is 4.55. The summed E-state index contributed by atoms with van der Waals surface area (Å²) in [6.07, 6.45) is 0. The van der Waals surface area contributed by atoms with Gasteiger partial charge in [0.25, 0.3) is 0 Å². The smallest absolute Gasteiger partial charge is 0.245 e. The van der Waals surface area contributed by atoms with Crippen molar-refractivity contribution in [1.29, 1.82) is 0 Å². The van der Waals surface area contributed by atoms with Gasteiger partial charge in [-0.15, -0.1) is 0 Å². The Labute approximate surface area is 122 Å². The predicted octanol–water partition coefficient (Wildman–Crippen LogP) is 1.80. The lowest BCUT2D eigenvalue weighted by Crippen LogP contribution is -2.55. The quantitative estimate of drug-likeness (QED) is 0.852. The minimum atomic E-state index is -1.14. The summed E-state index contributed by atoms with van der Waals surface area (Å²) < 4.78 is 18.5. The molecule has 0 saturated heterocycles. The lowest BCUT2D eigenvalue weighted by molar-refractivity contribution is -0.125. The van der Waals surface area contributed by atoms with Crippen LogP contribution in [0.2, 0.25) is 0 Å². The Bertz CT molecular complexity index is 601. The van der Waals surface area contributed by atoms with Crippen molar-refractivity contribution in [2.45, 2.75) is 5.54 Å². The van der Waals surface area contributed by atoms with Crippen molar-refractivity contribution in [1.82, 2.24) is 5.32 Å². The van der Waals surface area contributed by atoms with E-state index in [1.807, 2.05) is 18.2 Å². The number of primary amides is 1. The molecule has 4 nitrogen and oxygen atoms in total. The first-order valence-electron chi connectivity index (χ1n) is 6.51. The topological polar surface area (TPSA) is 64.3 Å². The van der Waals surface area contributed by atoms with Gasteiger partial charge in [0.15, 0.2) is 5.54 Å². The molecule has 0 aliphatic rings. The number of benzene rings is 2. The average Bonchev–Trinajstić information content (AvgIpc) is 2.51. The second-order valence-electron chi connectivity index (χ2n) is 4.63. The van der Waals surface area contributed by atoms with Crippen LogP contribution in [0, 0.1) is 5.82 Å². The van der Waals surface area contributed by atoms with Gasteiger partial charge in [-0.2, -0.15) is 0 Å². The number of carbonyl (C=O) groups excluding carboxylic acids is 1. The molecule has 3 N–H and O–H groups in total. The van der Waals surface area contributed by atoms with E-state index in [0.717, 1.165) is 0 Å². The number of ether oxygens (including phenoxy) is 1. The summed E-state index contributed by atoms with van der Waals surface area (Å²) in [5.41, 5.74) is 5.13. The highest BCUT2D eigenvalue weighted by Gasteiger charge is 2.38. The SMILES string of the molecule is CNC(COc1ccc(F)cc1)(C(N)=O)c1ccccc1. The zero-order valence-corrected chi connectivity index (χ0v) is 11.7. The molecule has 0 spiro atoms. The van der Waals surface area contributed by atoms with E-state index in [9.17, 15) is 9.18 Å². The van der Waals surface area contributed by atoms with E-state index in [4.69, 9.17) is 10.5 Å². The first kappa shape index (κ1) is 15.0. The molecule has 0 saturated carbocycles. The molecule has 0 heterocycles. The number of amides is 1. The Morgan fingerprint density at radius 1 is 1.19 bits per heavy atom. The van der Waals surface area contributed by atoms with Crippen LogP contribution >= 0.6 is 0 Å². The van der Waals surface area contributed by atoms with Crippen molar-refractivity contribution in [2.75, 3.05) is 13.7 Å². The van der Waals surface area contributed by atoms with E-state index < -0.39 is 11.4 Å².